The molecule has 0 amide bonds. The van der Waals surface area contributed by atoms with Gasteiger partial charge in [-0.1, -0.05) is 30.3 Å². The Labute approximate surface area is 163 Å². The Bertz CT molecular complexity index is 1180. The van der Waals surface area contributed by atoms with Gasteiger partial charge in [0.1, 0.15) is 11.4 Å². The lowest BCUT2D eigenvalue weighted by molar-refractivity contribution is 0.340. The summed E-state index contributed by atoms with van der Waals surface area (Å²) in [6, 6.07) is 17.1. The molecule has 1 aromatic carbocycles. The molecule has 0 aliphatic carbocycles. The minimum Gasteiger partial charge on any atom is -0.494 e. The van der Waals surface area contributed by atoms with Crippen LogP contribution in [0.2, 0.25) is 0 Å². The standard InChI is InChI=1S/C22H22N4O2/c1-4-28-17-12-13-25-19(14-17)21(22(24-25)16-8-6-5-7-9-16)18-10-11-20(27)26(23-18)15(2)3/h5-15H,4H2,1-3H3. The smallest absolute Gasteiger partial charge is 0.267 e. The summed E-state index contributed by atoms with van der Waals surface area (Å²) in [7, 11) is 0. The highest BCUT2D eigenvalue weighted by atomic mass is 16.5. The first-order chi connectivity index (χ1) is 13.6. The predicted molar refractivity (Wildman–Crippen MR) is 110 cm³/mol. The molecule has 4 rings (SSSR count). The van der Waals surface area contributed by atoms with E-state index in [2.05, 4.69) is 5.10 Å². The Morgan fingerprint density at radius 1 is 1.04 bits per heavy atom. The normalized spacial score (nSPS) is 11.3. The molecule has 0 bridgehead atoms. The summed E-state index contributed by atoms with van der Waals surface area (Å²) >= 11 is 0. The van der Waals surface area contributed by atoms with Gasteiger partial charge < -0.3 is 4.74 Å². The first-order valence-electron chi connectivity index (χ1n) is 9.39. The lowest BCUT2D eigenvalue weighted by Gasteiger charge is -2.11. The van der Waals surface area contributed by atoms with Crippen LogP contribution in [-0.4, -0.2) is 26.0 Å². The maximum absolute atomic E-state index is 12.2. The third-order valence-electron chi connectivity index (χ3n) is 4.54. The van der Waals surface area contributed by atoms with Crippen molar-refractivity contribution in [3.05, 3.63) is 71.1 Å². The molecule has 0 unspecified atom stereocenters. The maximum atomic E-state index is 12.2. The summed E-state index contributed by atoms with van der Waals surface area (Å²) in [6.45, 7) is 6.43. The summed E-state index contributed by atoms with van der Waals surface area (Å²) in [5.41, 5.74) is 4.15. The van der Waals surface area contributed by atoms with Crippen LogP contribution in [0.25, 0.3) is 28.0 Å². The summed E-state index contributed by atoms with van der Waals surface area (Å²) < 4.78 is 9.01. The van der Waals surface area contributed by atoms with E-state index in [-0.39, 0.29) is 11.6 Å². The second-order valence-corrected chi connectivity index (χ2v) is 6.81. The van der Waals surface area contributed by atoms with E-state index in [9.17, 15) is 4.79 Å². The zero-order valence-corrected chi connectivity index (χ0v) is 16.2. The molecule has 142 valence electrons. The summed E-state index contributed by atoms with van der Waals surface area (Å²) in [4.78, 5) is 12.2. The molecule has 0 spiro atoms. The second kappa shape index (κ2) is 7.31. The fourth-order valence-corrected chi connectivity index (χ4v) is 3.26. The average molecular weight is 374 g/mol. The third-order valence-corrected chi connectivity index (χ3v) is 4.54. The van der Waals surface area contributed by atoms with Gasteiger partial charge in [-0.2, -0.15) is 10.2 Å². The SMILES string of the molecule is CCOc1ccn2nc(-c3ccccc3)c(-c3ccc(=O)n(C(C)C)n3)c2c1. The fraction of sp³-hybridized carbons (Fsp3) is 0.227. The molecule has 3 heterocycles. The Kier molecular flexibility index (Phi) is 4.69. The van der Waals surface area contributed by atoms with E-state index in [0.29, 0.717) is 12.3 Å². The largest absolute Gasteiger partial charge is 0.494 e. The van der Waals surface area contributed by atoms with Crippen LogP contribution in [-0.2, 0) is 0 Å². The van der Waals surface area contributed by atoms with Gasteiger partial charge >= 0.3 is 0 Å². The van der Waals surface area contributed by atoms with E-state index in [4.69, 9.17) is 9.84 Å². The van der Waals surface area contributed by atoms with Crippen LogP contribution in [0.5, 0.6) is 5.75 Å². The quantitative estimate of drug-likeness (QED) is 0.525. The molecule has 6 heteroatoms. The maximum Gasteiger partial charge on any atom is 0.267 e. The van der Waals surface area contributed by atoms with Crippen molar-refractivity contribution in [1.29, 1.82) is 0 Å². The molecule has 3 aromatic heterocycles. The lowest BCUT2D eigenvalue weighted by Crippen LogP contribution is -2.23. The minimum absolute atomic E-state index is 0.0338. The average Bonchev–Trinajstić information content (AvgIpc) is 3.08. The van der Waals surface area contributed by atoms with Crippen LogP contribution >= 0.6 is 0 Å². The van der Waals surface area contributed by atoms with Crippen LogP contribution in [0.3, 0.4) is 0 Å². The van der Waals surface area contributed by atoms with Gasteiger partial charge in [0.2, 0.25) is 0 Å². The van der Waals surface area contributed by atoms with Crippen LogP contribution < -0.4 is 10.3 Å². The first-order valence-corrected chi connectivity index (χ1v) is 9.39. The highest BCUT2D eigenvalue weighted by Gasteiger charge is 2.19. The molecule has 0 aliphatic rings. The number of benzene rings is 1. The Morgan fingerprint density at radius 2 is 1.82 bits per heavy atom. The fourth-order valence-electron chi connectivity index (χ4n) is 3.26. The zero-order valence-electron chi connectivity index (χ0n) is 16.2. The Balaban J connectivity index is 2.03. The Morgan fingerprint density at radius 3 is 2.54 bits per heavy atom. The van der Waals surface area contributed by atoms with Crippen LogP contribution in [0, 0.1) is 0 Å². The van der Waals surface area contributed by atoms with Crippen molar-refractivity contribution in [2.75, 3.05) is 6.61 Å². The van der Waals surface area contributed by atoms with Crippen molar-refractivity contribution in [3.63, 3.8) is 0 Å². The van der Waals surface area contributed by atoms with Crippen molar-refractivity contribution in [3.8, 4) is 28.3 Å². The van der Waals surface area contributed by atoms with Crippen molar-refractivity contribution < 1.29 is 4.74 Å². The van der Waals surface area contributed by atoms with E-state index in [1.807, 2.05) is 73.9 Å². The molecule has 4 aromatic rings. The summed E-state index contributed by atoms with van der Waals surface area (Å²) in [5.74, 6) is 0.771. The molecule has 6 nitrogen and oxygen atoms in total. The highest BCUT2D eigenvalue weighted by Crippen LogP contribution is 2.35. The molecule has 0 radical (unpaired) electrons. The van der Waals surface area contributed by atoms with Crippen LogP contribution in [0.1, 0.15) is 26.8 Å². The number of hydrogen-bond donors (Lipinski definition) is 0. The van der Waals surface area contributed by atoms with Gasteiger partial charge in [-0.3, -0.25) is 4.79 Å². The van der Waals surface area contributed by atoms with Gasteiger partial charge in [-0.15, -0.1) is 0 Å². The minimum atomic E-state index is -0.119. The third kappa shape index (κ3) is 3.17. The topological polar surface area (TPSA) is 61.4 Å². The van der Waals surface area contributed by atoms with Crippen LogP contribution in [0.4, 0.5) is 0 Å². The van der Waals surface area contributed by atoms with Crippen molar-refractivity contribution in [1.82, 2.24) is 19.4 Å². The van der Waals surface area contributed by atoms with E-state index < -0.39 is 0 Å². The van der Waals surface area contributed by atoms with E-state index in [0.717, 1.165) is 28.1 Å². The molecule has 0 fully saturated rings. The van der Waals surface area contributed by atoms with Crippen molar-refractivity contribution >= 4 is 5.52 Å². The van der Waals surface area contributed by atoms with Gasteiger partial charge in [-0.25, -0.2) is 9.20 Å². The summed E-state index contributed by atoms with van der Waals surface area (Å²) in [6.07, 6.45) is 1.88. The molecule has 0 N–H and O–H groups in total. The monoisotopic (exact) mass is 374 g/mol. The number of pyridine rings is 1. The van der Waals surface area contributed by atoms with Crippen LogP contribution in [0.15, 0.2) is 65.6 Å². The Hall–Kier alpha value is -3.41. The molecule has 28 heavy (non-hydrogen) atoms. The van der Waals surface area contributed by atoms with E-state index >= 15 is 0 Å². The molecular weight excluding hydrogens is 352 g/mol. The van der Waals surface area contributed by atoms with E-state index in [1.54, 1.807) is 12.1 Å². The molecular formula is C22H22N4O2. The summed E-state index contributed by atoms with van der Waals surface area (Å²) in [5, 5.41) is 9.43. The molecule has 0 saturated carbocycles. The zero-order chi connectivity index (χ0) is 19.7. The van der Waals surface area contributed by atoms with E-state index in [1.165, 1.54) is 4.68 Å². The van der Waals surface area contributed by atoms with Gasteiger partial charge in [0.15, 0.2) is 0 Å². The highest BCUT2D eigenvalue weighted by molar-refractivity contribution is 5.91. The predicted octanol–water partition coefficient (Wildman–Crippen LogP) is 4.20. The number of nitrogens with zero attached hydrogens (tertiary/aromatic N) is 4. The van der Waals surface area contributed by atoms with Gasteiger partial charge in [-0.05, 0) is 32.9 Å². The lowest BCUT2D eigenvalue weighted by atomic mass is 10.0. The number of hydrogen-bond acceptors (Lipinski definition) is 4. The molecule has 0 atom stereocenters. The number of aromatic nitrogens is 4. The van der Waals surface area contributed by atoms with Gasteiger partial charge in [0.05, 0.1) is 29.4 Å². The second-order valence-electron chi connectivity index (χ2n) is 6.81. The number of ether oxygens (including phenoxy) is 1. The van der Waals surface area contributed by atoms with Gasteiger partial charge in [0.25, 0.3) is 5.56 Å². The van der Waals surface area contributed by atoms with Crippen molar-refractivity contribution in [2.45, 2.75) is 26.8 Å². The first kappa shape index (κ1) is 18.0. The number of rotatable bonds is 5. The van der Waals surface area contributed by atoms with Crippen molar-refractivity contribution in [2.24, 2.45) is 0 Å². The molecule has 0 saturated heterocycles. The van der Waals surface area contributed by atoms with Gasteiger partial charge in [0, 0.05) is 23.9 Å². The molecule has 0 aliphatic heterocycles. The number of fused-ring (bicyclic) bond motifs is 1.